The lowest BCUT2D eigenvalue weighted by Crippen LogP contribution is -2.23. The van der Waals surface area contributed by atoms with Crippen LogP contribution in [0.3, 0.4) is 0 Å². The number of carbonyl (C=O) groups is 1. The summed E-state index contributed by atoms with van der Waals surface area (Å²) in [4.78, 5) is 11.4. The topological polar surface area (TPSA) is 46.9 Å². The van der Waals surface area contributed by atoms with E-state index in [0.717, 1.165) is 25.1 Å². The van der Waals surface area contributed by atoms with Crippen molar-refractivity contribution in [1.82, 2.24) is 15.1 Å². The van der Waals surface area contributed by atoms with E-state index >= 15 is 0 Å². The number of hydrogen-bond donors (Lipinski definition) is 1. The van der Waals surface area contributed by atoms with Crippen molar-refractivity contribution >= 4 is 5.78 Å². The van der Waals surface area contributed by atoms with E-state index < -0.39 is 0 Å². The van der Waals surface area contributed by atoms with Crippen molar-refractivity contribution in [1.29, 1.82) is 0 Å². The van der Waals surface area contributed by atoms with Gasteiger partial charge in [-0.05, 0) is 25.5 Å². The normalized spacial score (nSPS) is 10.5. The van der Waals surface area contributed by atoms with Gasteiger partial charge in [-0.1, -0.05) is 6.92 Å². The largest absolute Gasteiger partial charge is 0.310 e. The van der Waals surface area contributed by atoms with E-state index in [9.17, 15) is 4.79 Å². The second-order valence-corrected chi connectivity index (χ2v) is 3.66. The van der Waals surface area contributed by atoms with Crippen molar-refractivity contribution in [3.05, 3.63) is 18.0 Å². The monoisotopic (exact) mass is 209 g/mol. The Balaban J connectivity index is 2.20. The fourth-order valence-corrected chi connectivity index (χ4v) is 1.41. The molecule has 4 heteroatoms. The SMILES string of the molecule is CCCNCC(=O)CCc1ccnn1C. The van der Waals surface area contributed by atoms with E-state index in [-0.39, 0.29) is 5.78 Å². The minimum Gasteiger partial charge on any atom is -0.310 e. The van der Waals surface area contributed by atoms with Gasteiger partial charge in [-0.15, -0.1) is 0 Å². The van der Waals surface area contributed by atoms with E-state index in [1.165, 1.54) is 0 Å². The number of Topliss-reactive ketones (excluding diaryl/α,β-unsaturated/α-hetero) is 1. The zero-order chi connectivity index (χ0) is 11.1. The zero-order valence-corrected chi connectivity index (χ0v) is 9.49. The Hall–Kier alpha value is -1.16. The molecule has 0 aliphatic heterocycles. The molecule has 1 heterocycles. The van der Waals surface area contributed by atoms with Crippen molar-refractivity contribution in [2.45, 2.75) is 26.2 Å². The molecule has 1 N–H and O–H groups in total. The molecule has 0 saturated heterocycles. The van der Waals surface area contributed by atoms with Gasteiger partial charge in [0.1, 0.15) is 5.78 Å². The molecular formula is C11H19N3O. The first-order valence-corrected chi connectivity index (χ1v) is 5.43. The maximum Gasteiger partial charge on any atom is 0.147 e. The highest BCUT2D eigenvalue weighted by Gasteiger charge is 2.04. The first-order chi connectivity index (χ1) is 7.24. The third-order valence-electron chi connectivity index (χ3n) is 2.33. The summed E-state index contributed by atoms with van der Waals surface area (Å²) in [5.74, 6) is 0.268. The van der Waals surface area contributed by atoms with E-state index in [4.69, 9.17) is 0 Å². The number of aryl methyl sites for hydroxylation is 2. The molecule has 0 saturated carbocycles. The Morgan fingerprint density at radius 3 is 3.00 bits per heavy atom. The van der Waals surface area contributed by atoms with Crippen LogP contribution in [-0.2, 0) is 18.3 Å². The van der Waals surface area contributed by atoms with E-state index in [0.29, 0.717) is 13.0 Å². The molecule has 0 bridgehead atoms. The highest BCUT2D eigenvalue weighted by atomic mass is 16.1. The minimum absolute atomic E-state index is 0.268. The third kappa shape index (κ3) is 4.25. The molecular weight excluding hydrogens is 190 g/mol. The van der Waals surface area contributed by atoms with Gasteiger partial charge < -0.3 is 5.32 Å². The lowest BCUT2D eigenvalue weighted by Gasteiger charge is -2.03. The molecule has 0 aliphatic rings. The van der Waals surface area contributed by atoms with Crippen LogP contribution in [0, 0.1) is 0 Å². The highest BCUT2D eigenvalue weighted by Crippen LogP contribution is 2.00. The lowest BCUT2D eigenvalue weighted by molar-refractivity contribution is -0.118. The fraction of sp³-hybridized carbons (Fsp3) is 0.636. The predicted octanol–water partition coefficient (Wildman–Crippen LogP) is 0.921. The van der Waals surface area contributed by atoms with Crippen LogP contribution < -0.4 is 5.32 Å². The predicted molar refractivity (Wildman–Crippen MR) is 59.7 cm³/mol. The average Bonchev–Trinajstić information content (AvgIpc) is 2.61. The van der Waals surface area contributed by atoms with Crippen LogP contribution in [0.4, 0.5) is 0 Å². The summed E-state index contributed by atoms with van der Waals surface area (Å²) < 4.78 is 1.81. The van der Waals surface area contributed by atoms with E-state index in [1.54, 1.807) is 6.20 Å². The summed E-state index contributed by atoms with van der Waals surface area (Å²) in [5, 5.41) is 7.17. The molecule has 84 valence electrons. The van der Waals surface area contributed by atoms with Crippen molar-refractivity contribution in [3.8, 4) is 0 Å². The minimum atomic E-state index is 0.268. The second kappa shape index (κ2) is 6.35. The molecule has 1 aromatic heterocycles. The summed E-state index contributed by atoms with van der Waals surface area (Å²) in [6.45, 7) is 3.50. The molecule has 0 spiro atoms. The van der Waals surface area contributed by atoms with E-state index in [1.807, 2.05) is 17.8 Å². The molecule has 4 nitrogen and oxygen atoms in total. The Morgan fingerprint density at radius 1 is 1.60 bits per heavy atom. The quantitative estimate of drug-likeness (QED) is 0.679. The molecule has 15 heavy (non-hydrogen) atoms. The number of hydrogen-bond acceptors (Lipinski definition) is 3. The van der Waals surface area contributed by atoms with Gasteiger partial charge in [0, 0.05) is 25.4 Å². The Labute approximate surface area is 90.7 Å². The second-order valence-electron chi connectivity index (χ2n) is 3.66. The van der Waals surface area contributed by atoms with Gasteiger partial charge in [0.2, 0.25) is 0 Å². The number of carbonyl (C=O) groups excluding carboxylic acids is 1. The summed E-state index contributed by atoms with van der Waals surface area (Å²) >= 11 is 0. The molecule has 0 aliphatic carbocycles. The first kappa shape index (κ1) is 11.9. The number of aromatic nitrogens is 2. The molecule has 0 amide bonds. The number of nitrogens with one attached hydrogen (secondary N) is 1. The third-order valence-corrected chi connectivity index (χ3v) is 2.33. The van der Waals surface area contributed by atoms with Crippen molar-refractivity contribution in [2.75, 3.05) is 13.1 Å². The highest BCUT2D eigenvalue weighted by molar-refractivity contribution is 5.80. The van der Waals surface area contributed by atoms with Crippen molar-refractivity contribution < 1.29 is 4.79 Å². The molecule has 0 unspecified atom stereocenters. The van der Waals surface area contributed by atoms with Crippen LogP contribution in [0.5, 0.6) is 0 Å². The lowest BCUT2D eigenvalue weighted by atomic mass is 10.2. The zero-order valence-electron chi connectivity index (χ0n) is 9.49. The van der Waals surface area contributed by atoms with Gasteiger partial charge in [0.25, 0.3) is 0 Å². The number of rotatable bonds is 7. The molecule has 1 aromatic rings. The Kier molecular flexibility index (Phi) is 5.04. The average molecular weight is 209 g/mol. The molecule has 0 fully saturated rings. The Bertz CT molecular complexity index is 307. The maximum atomic E-state index is 11.4. The van der Waals surface area contributed by atoms with Crippen molar-refractivity contribution in [2.24, 2.45) is 7.05 Å². The molecule has 0 atom stereocenters. The standard InChI is InChI=1S/C11H19N3O/c1-3-7-12-9-11(15)5-4-10-6-8-13-14(10)2/h6,8,12H,3-5,7,9H2,1-2H3. The van der Waals surface area contributed by atoms with Gasteiger partial charge in [-0.25, -0.2) is 0 Å². The summed E-state index contributed by atoms with van der Waals surface area (Å²) in [6, 6.07) is 1.95. The Morgan fingerprint density at radius 2 is 2.40 bits per heavy atom. The number of nitrogens with zero attached hydrogens (tertiary/aromatic N) is 2. The van der Waals surface area contributed by atoms with Crippen LogP contribution in [-0.4, -0.2) is 28.7 Å². The summed E-state index contributed by atoms with van der Waals surface area (Å²) in [7, 11) is 1.90. The van der Waals surface area contributed by atoms with Crippen LogP contribution in [0.2, 0.25) is 0 Å². The van der Waals surface area contributed by atoms with Crippen LogP contribution in [0.1, 0.15) is 25.5 Å². The van der Waals surface area contributed by atoms with E-state index in [2.05, 4.69) is 17.3 Å². The molecule has 0 radical (unpaired) electrons. The maximum absolute atomic E-state index is 11.4. The molecule has 0 aromatic carbocycles. The molecule has 1 rings (SSSR count). The van der Waals surface area contributed by atoms with Crippen molar-refractivity contribution in [3.63, 3.8) is 0 Å². The fourth-order valence-electron chi connectivity index (χ4n) is 1.41. The van der Waals surface area contributed by atoms with Crippen LogP contribution in [0.25, 0.3) is 0 Å². The summed E-state index contributed by atoms with van der Waals surface area (Å²) in [5.41, 5.74) is 1.11. The number of ketones is 1. The van der Waals surface area contributed by atoms with Gasteiger partial charge >= 0.3 is 0 Å². The smallest absolute Gasteiger partial charge is 0.147 e. The summed E-state index contributed by atoms with van der Waals surface area (Å²) in [6.07, 6.45) is 4.20. The van der Waals surface area contributed by atoms with Crippen LogP contribution in [0.15, 0.2) is 12.3 Å². The van der Waals surface area contributed by atoms with Gasteiger partial charge in [0.15, 0.2) is 0 Å². The first-order valence-electron chi connectivity index (χ1n) is 5.43. The van der Waals surface area contributed by atoms with Gasteiger partial charge in [-0.3, -0.25) is 9.48 Å². The van der Waals surface area contributed by atoms with Gasteiger partial charge in [-0.2, -0.15) is 5.10 Å². The van der Waals surface area contributed by atoms with Gasteiger partial charge in [0.05, 0.1) is 6.54 Å². The van der Waals surface area contributed by atoms with Crippen LogP contribution >= 0.6 is 0 Å².